The Hall–Kier alpha value is -1.46. The van der Waals surface area contributed by atoms with Crippen LogP contribution in [0.3, 0.4) is 0 Å². The van der Waals surface area contributed by atoms with Crippen molar-refractivity contribution in [3.63, 3.8) is 0 Å². The van der Waals surface area contributed by atoms with E-state index in [1.165, 1.54) is 31.4 Å². The average molecular weight is 343 g/mol. The summed E-state index contributed by atoms with van der Waals surface area (Å²) >= 11 is 3.07. The van der Waals surface area contributed by atoms with Crippen molar-refractivity contribution in [1.29, 1.82) is 0 Å². The topological polar surface area (TPSA) is 29.5 Å². The molecule has 0 amide bonds. The summed E-state index contributed by atoms with van der Waals surface area (Å²) in [5.74, 6) is -0.582. The highest BCUT2D eigenvalue weighted by molar-refractivity contribution is 9.10. The molecule has 1 N–H and O–H groups in total. The zero-order valence-corrected chi connectivity index (χ0v) is 12.5. The number of rotatable bonds is 3. The molecule has 0 aliphatic carbocycles. The molecule has 106 valence electrons. The third-order valence-electron chi connectivity index (χ3n) is 3.06. The number of methoxy groups -OCH3 is 1. The molecule has 0 aliphatic rings. The fraction of sp³-hybridized carbons (Fsp3) is 0.200. The Bertz CT molecular complexity index is 644. The Morgan fingerprint density at radius 3 is 2.45 bits per heavy atom. The van der Waals surface area contributed by atoms with Gasteiger partial charge >= 0.3 is 0 Å². The summed E-state index contributed by atoms with van der Waals surface area (Å²) in [6.07, 6.45) is -1.03. The van der Waals surface area contributed by atoms with Crippen LogP contribution in [0.25, 0.3) is 0 Å². The van der Waals surface area contributed by atoms with Crippen LogP contribution in [0.4, 0.5) is 8.78 Å². The summed E-state index contributed by atoms with van der Waals surface area (Å²) in [5, 5.41) is 10.4. The van der Waals surface area contributed by atoms with Crippen LogP contribution in [-0.4, -0.2) is 12.2 Å². The summed E-state index contributed by atoms with van der Waals surface area (Å²) in [6.45, 7) is 1.61. The van der Waals surface area contributed by atoms with Crippen molar-refractivity contribution in [3.8, 4) is 5.75 Å². The monoisotopic (exact) mass is 342 g/mol. The van der Waals surface area contributed by atoms with Gasteiger partial charge in [0.25, 0.3) is 0 Å². The number of aryl methyl sites for hydroxylation is 1. The van der Waals surface area contributed by atoms with E-state index in [9.17, 15) is 13.9 Å². The van der Waals surface area contributed by atoms with Crippen molar-refractivity contribution in [2.75, 3.05) is 7.11 Å². The van der Waals surface area contributed by atoms with E-state index in [1.807, 2.05) is 0 Å². The number of benzene rings is 2. The van der Waals surface area contributed by atoms with Crippen LogP contribution in [0.1, 0.15) is 22.8 Å². The molecule has 2 nitrogen and oxygen atoms in total. The minimum absolute atomic E-state index is 0.228. The molecule has 0 saturated carbocycles. The van der Waals surface area contributed by atoms with E-state index in [1.54, 1.807) is 13.0 Å². The first-order chi connectivity index (χ1) is 9.43. The van der Waals surface area contributed by atoms with Crippen molar-refractivity contribution in [1.82, 2.24) is 0 Å². The van der Waals surface area contributed by atoms with E-state index in [-0.39, 0.29) is 16.0 Å². The maximum atomic E-state index is 13.5. The molecule has 0 aromatic heterocycles. The minimum atomic E-state index is -1.03. The lowest BCUT2D eigenvalue weighted by Gasteiger charge is -2.16. The van der Waals surface area contributed by atoms with Gasteiger partial charge in [0, 0.05) is 11.6 Å². The predicted octanol–water partition coefficient (Wildman–Crippen LogP) is 4.13. The largest absolute Gasteiger partial charge is 0.496 e. The van der Waals surface area contributed by atoms with Crippen LogP contribution < -0.4 is 4.74 Å². The zero-order chi connectivity index (χ0) is 14.9. The summed E-state index contributed by atoms with van der Waals surface area (Å²) in [5.41, 5.74) is 1.36. The molecule has 2 aromatic rings. The Morgan fingerprint density at radius 2 is 1.85 bits per heavy atom. The van der Waals surface area contributed by atoms with Gasteiger partial charge in [0.15, 0.2) is 0 Å². The van der Waals surface area contributed by atoms with Gasteiger partial charge < -0.3 is 9.84 Å². The third-order valence-corrected chi connectivity index (χ3v) is 3.67. The van der Waals surface area contributed by atoms with E-state index >= 15 is 0 Å². The SMILES string of the molecule is COc1cc(F)c(Br)cc1C(O)c1ccc(F)c(C)c1. The highest BCUT2D eigenvalue weighted by Gasteiger charge is 2.18. The lowest BCUT2D eigenvalue weighted by molar-refractivity contribution is 0.214. The van der Waals surface area contributed by atoms with Crippen LogP contribution in [0, 0.1) is 18.6 Å². The lowest BCUT2D eigenvalue weighted by Crippen LogP contribution is -2.04. The molecule has 1 unspecified atom stereocenters. The Labute approximate surface area is 124 Å². The van der Waals surface area contributed by atoms with Gasteiger partial charge in [0.2, 0.25) is 0 Å². The van der Waals surface area contributed by atoms with Crippen LogP contribution in [0.5, 0.6) is 5.75 Å². The van der Waals surface area contributed by atoms with Gasteiger partial charge in [0.05, 0.1) is 11.6 Å². The predicted molar refractivity (Wildman–Crippen MR) is 75.9 cm³/mol. The summed E-state index contributed by atoms with van der Waals surface area (Å²) in [7, 11) is 1.40. The maximum Gasteiger partial charge on any atom is 0.141 e. The molecule has 1 atom stereocenters. The second-order valence-electron chi connectivity index (χ2n) is 4.42. The van der Waals surface area contributed by atoms with Gasteiger partial charge in [-0.3, -0.25) is 0 Å². The van der Waals surface area contributed by atoms with Gasteiger partial charge in [-0.15, -0.1) is 0 Å². The molecule has 5 heteroatoms. The molecule has 0 aliphatic heterocycles. The van der Waals surface area contributed by atoms with E-state index < -0.39 is 11.9 Å². The fourth-order valence-corrected chi connectivity index (χ4v) is 2.31. The molecule has 0 fully saturated rings. The molecular weight excluding hydrogens is 330 g/mol. The Morgan fingerprint density at radius 1 is 1.15 bits per heavy atom. The third kappa shape index (κ3) is 2.83. The number of ether oxygens (including phenoxy) is 1. The van der Waals surface area contributed by atoms with Gasteiger partial charge in [0.1, 0.15) is 23.5 Å². The number of aliphatic hydroxyl groups is 1. The normalized spacial score (nSPS) is 12.3. The first kappa shape index (κ1) is 14.9. The highest BCUT2D eigenvalue weighted by atomic mass is 79.9. The maximum absolute atomic E-state index is 13.5. The van der Waals surface area contributed by atoms with Crippen molar-refractivity contribution in [2.45, 2.75) is 13.0 Å². The number of hydrogen-bond acceptors (Lipinski definition) is 2. The molecule has 0 saturated heterocycles. The molecule has 0 radical (unpaired) electrons. The quantitative estimate of drug-likeness (QED) is 0.908. The van der Waals surface area contributed by atoms with Crippen LogP contribution in [-0.2, 0) is 0 Å². The second-order valence-corrected chi connectivity index (χ2v) is 5.27. The first-order valence-corrected chi connectivity index (χ1v) is 6.70. The van der Waals surface area contributed by atoms with Crippen LogP contribution >= 0.6 is 15.9 Å². The van der Waals surface area contributed by atoms with Gasteiger partial charge in [-0.25, -0.2) is 8.78 Å². The molecular formula is C15H13BrF2O2. The Kier molecular flexibility index (Phi) is 4.40. The number of halogens is 3. The van der Waals surface area contributed by atoms with E-state index in [0.29, 0.717) is 16.7 Å². The zero-order valence-electron chi connectivity index (χ0n) is 11.0. The molecule has 20 heavy (non-hydrogen) atoms. The summed E-state index contributed by atoms with van der Waals surface area (Å²) in [6, 6.07) is 6.98. The summed E-state index contributed by atoms with van der Waals surface area (Å²) in [4.78, 5) is 0. The van der Waals surface area contributed by atoms with E-state index in [4.69, 9.17) is 4.74 Å². The van der Waals surface area contributed by atoms with Gasteiger partial charge in [-0.2, -0.15) is 0 Å². The van der Waals surface area contributed by atoms with Crippen molar-refractivity contribution in [3.05, 3.63) is 63.1 Å². The second kappa shape index (κ2) is 5.89. The summed E-state index contributed by atoms with van der Waals surface area (Å²) < 4.78 is 32.0. The average Bonchev–Trinajstić information content (AvgIpc) is 2.43. The molecule has 0 heterocycles. The van der Waals surface area contributed by atoms with Crippen molar-refractivity contribution in [2.24, 2.45) is 0 Å². The van der Waals surface area contributed by atoms with Crippen molar-refractivity contribution < 1.29 is 18.6 Å². The van der Waals surface area contributed by atoms with Crippen molar-refractivity contribution >= 4 is 15.9 Å². The smallest absolute Gasteiger partial charge is 0.141 e. The number of aliphatic hydroxyl groups excluding tert-OH is 1. The number of hydrogen-bond donors (Lipinski definition) is 1. The molecule has 2 aromatic carbocycles. The minimum Gasteiger partial charge on any atom is -0.496 e. The molecule has 0 spiro atoms. The van der Waals surface area contributed by atoms with E-state index in [2.05, 4.69) is 15.9 Å². The lowest BCUT2D eigenvalue weighted by atomic mass is 9.99. The molecule has 0 bridgehead atoms. The van der Waals surface area contributed by atoms with Crippen LogP contribution in [0.15, 0.2) is 34.8 Å². The van der Waals surface area contributed by atoms with E-state index in [0.717, 1.165) is 0 Å². The fourth-order valence-electron chi connectivity index (χ4n) is 1.95. The first-order valence-electron chi connectivity index (χ1n) is 5.91. The van der Waals surface area contributed by atoms with Gasteiger partial charge in [-0.05, 0) is 46.1 Å². The standard InChI is InChI=1S/C15H13BrF2O2/c1-8-5-9(3-4-12(8)17)15(19)10-6-11(16)13(18)7-14(10)20-2/h3-7,15,19H,1-2H3. The highest BCUT2D eigenvalue weighted by Crippen LogP contribution is 2.34. The van der Waals surface area contributed by atoms with Gasteiger partial charge in [-0.1, -0.05) is 12.1 Å². The molecule has 2 rings (SSSR count). The van der Waals surface area contributed by atoms with Crippen LogP contribution in [0.2, 0.25) is 0 Å². The Balaban J connectivity index is 2.49.